The Morgan fingerprint density at radius 2 is 1.58 bits per heavy atom. The SMILES string of the molecule is [N-]=[N+]=NCc1ccccc1C[C@]1(C(=O)NNCCc2ccc(Cl)cc2)N=C(c2ccc(OCCCO)cc2)O[C@H]1c1ccccc1CN=[N+]=[N-]. The fourth-order valence-electron chi connectivity index (χ4n) is 5.69. The Hall–Kier alpha value is -5.55. The maximum Gasteiger partial charge on any atom is 0.266 e. The van der Waals surface area contributed by atoms with Crippen LogP contribution in [0.2, 0.25) is 5.02 Å². The van der Waals surface area contributed by atoms with Crippen molar-refractivity contribution in [3.63, 3.8) is 0 Å². The van der Waals surface area contributed by atoms with E-state index in [2.05, 4.69) is 30.9 Å². The van der Waals surface area contributed by atoms with Crippen LogP contribution in [0.1, 0.15) is 45.9 Å². The van der Waals surface area contributed by atoms with Gasteiger partial charge in [0.2, 0.25) is 5.90 Å². The quantitative estimate of drug-likeness (QED) is 0.0349. The highest BCUT2D eigenvalue weighted by Gasteiger charge is 2.54. The van der Waals surface area contributed by atoms with Gasteiger partial charge in [0.1, 0.15) is 5.75 Å². The van der Waals surface area contributed by atoms with Crippen molar-refractivity contribution in [2.75, 3.05) is 19.8 Å². The van der Waals surface area contributed by atoms with Gasteiger partial charge in [-0.2, -0.15) is 0 Å². The highest BCUT2D eigenvalue weighted by atomic mass is 35.5. The molecule has 1 aliphatic rings. The van der Waals surface area contributed by atoms with E-state index in [1.807, 2.05) is 72.8 Å². The van der Waals surface area contributed by atoms with Crippen molar-refractivity contribution >= 4 is 23.4 Å². The molecule has 3 N–H and O–H groups in total. The van der Waals surface area contributed by atoms with Gasteiger partial charge in [0.15, 0.2) is 11.6 Å². The minimum atomic E-state index is -1.57. The highest BCUT2D eigenvalue weighted by molar-refractivity contribution is 6.30. The fourth-order valence-corrected chi connectivity index (χ4v) is 5.82. The summed E-state index contributed by atoms with van der Waals surface area (Å²) in [6.07, 6.45) is 0.256. The van der Waals surface area contributed by atoms with Crippen LogP contribution in [0.4, 0.5) is 0 Å². The van der Waals surface area contributed by atoms with E-state index < -0.39 is 17.6 Å². The molecule has 2 atom stereocenters. The number of hydrazine groups is 1. The van der Waals surface area contributed by atoms with Crippen LogP contribution in [0, 0.1) is 0 Å². The Morgan fingerprint density at radius 1 is 0.920 bits per heavy atom. The number of nitrogens with zero attached hydrogens (tertiary/aromatic N) is 7. The smallest absolute Gasteiger partial charge is 0.266 e. The summed E-state index contributed by atoms with van der Waals surface area (Å²) in [5.74, 6) is 0.395. The maximum atomic E-state index is 14.7. The molecule has 13 nitrogen and oxygen atoms in total. The van der Waals surface area contributed by atoms with Gasteiger partial charge in [0, 0.05) is 46.4 Å². The van der Waals surface area contributed by atoms with E-state index in [1.54, 1.807) is 24.3 Å². The van der Waals surface area contributed by atoms with Gasteiger partial charge in [0.05, 0.1) is 19.7 Å². The number of benzene rings is 4. The van der Waals surface area contributed by atoms with Crippen LogP contribution in [0.5, 0.6) is 5.75 Å². The third-order valence-electron chi connectivity index (χ3n) is 8.21. The second kappa shape index (κ2) is 17.7. The minimum Gasteiger partial charge on any atom is -0.494 e. The maximum absolute atomic E-state index is 14.7. The van der Waals surface area contributed by atoms with Crippen molar-refractivity contribution in [2.45, 2.75) is 44.0 Å². The van der Waals surface area contributed by atoms with Crippen LogP contribution in [-0.2, 0) is 35.5 Å². The van der Waals surface area contributed by atoms with Crippen LogP contribution in [0.3, 0.4) is 0 Å². The van der Waals surface area contributed by atoms with Crippen molar-refractivity contribution in [3.8, 4) is 5.75 Å². The zero-order valence-electron chi connectivity index (χ0n) is 27.2. The van der Waals surface area contributed by atoms with Gasteiger partial charge in [-0.15, -0.1) is 0 Å². The molecule has 14 heteroatoms. The number of aliphatic hydroxyl groups excluding tert-OH is 1. The van der Waals surface area contributed by atoms with Gasteiger partial charge in [-0.3, -0.25) is 10.2 Å². The molecular formula is C36H36ClN9O4. The lowest BCUT2D eigenvalue weighted by Crippen LogP contribution is -2.54. The van der Waals surface area contributed by atoms with Crippen LogP contribution in [-0.4, -0.2) is 42.2 Å². The Labute approximate surface area is 294 Å². The van der Waals surface area contributed by atoms with E-state index in [1.165, 1.54) is 0 Å². The first-order valence-corrected chi connectivity index (χ1v) is 16.4. The van der Waals surface area contributed by atoms with Gasteiger partial charge >= 0.3 is 0 Å². The van der Waals surface area contributed by atoms with Gasteiger partial charge < -0.3 is 14.6 Å². The Balaban J connectivity index is 1.57. The molecule has 0 bridgehead atoms. The van der Waals surface area contributed by atoms with Gasteiger partial charge in [-0.1, -0.05) is 82.5 Å². The third-order valence-corrected chi connectivity index (χ3v) is 8.46. The number of carbonyl (C=O) groups excluding carboxylic acids is 1. The molecule has 1 aliphatic heterocycles. The molecular weight excluding hydrogens is 658 g/mol. The standard InChI is InChI=1S/C36H36ClN9O4/c37-30-14-10-25(11-15-30)18-19-40-44-35(48)36(22-27-6-1-2-7-28(27)23-41-45-38)33(32-9-4-3-8-29(32)24-42-46-39)50-34(43-36)26-12-16-31(17-13-26)49-21-5-20-47/h1-4,6-17,33,40,47H,5,18-24H2,(H,44,48)/t33-,36-/m0/s1. The number of amides is 1. The topological polar surface area (TPSA) is 190 Å². The summed E-state index contributed by atoms with van der Waals surface area (Å²) in [5, 5.41) is 17.3. The molecule has 1 amide bonds. The van der Waals surface area contributed by atoms with E-state index in [-0.39, 0.29) is 32.0 Å². The number of rotatable bonds is 17. The number of nitrogens with one attached hydrogen (secondary N) is 2. The van der Waals surface area contributed by atoms with Crippen molar-refractivity contribution < 1.29 is 19.4 Å². The van der Waals surface area contributed by atoms with Gasteiger partial charge in [-0.05, 0) is 81.7 Å². The molecule has 0 radical (unpaired) electrons. The summed E-state index contributed by atoms with van der Waals surface area (Å²) < 4.78 is 12.4. The Morgan fingerprint density at radius 3 is 2.28 bits per heavy atom. The van der Waals surface area contributed by atoms with Crippen molar-refractivity contribution in [1.29, 1.82) is 0 Å². The summed E-state index contributed by atoms with van der Waals surface area (Å²) >= 11 is 6.04. The molecule has 0 unspecified atom stereocenters. The molecule has 256 valence electrons. The molecule has 4 aromatic rings. The second-order valence-corrected chi connectivity index (χ2v) is 11.9. The lowest BCUT2D eigenvalue weighted by atomic mass is 9.80. The van der Waals surface area contributed by atoms with Crippen molar-refractivity contribution in [2.24, 2.45) is 15.2 Å². The fraction of sp³-hybridized carbons (Fsp3) is 0.278. The summed E-state index contributed by atoms with van der Waals surface area (Å²) in [7, 11) is 0. The number of halogens is 1. The number of hydrogen-bond donors (Lipinski definition) is 3. The van der Waals surface area contributed by atoms with Gasteiger partial charge in [-0.25, -0.2) is 10.4 Å². The van der Waals surface area contributed by atoms with Crippen molar-refractivity contribution in [3.05, 3.63) is 156 Å². The molecule has 0 saturated heterocycles. The molecule has 4 aromatic carbocycles. The number of ether oxygens (including phenoxy) is 2. The highest BCUT2D eigenvalue weighted by Crippen LogP contribution is 2.44. The predicted octanol–water partition coefficient (Wildman–Crippen LogP) is 7.08. The largest absolute Gasteiger partial charge is 0.494 e. The molecule has 1 heterocycles. The molecule has 5 rings (SSSR count). The summed E-state index contributed by atoms with van der Waals surface area (Å²) in [6, 6.07) is 29.4. The Bertz CT molecular complexity index is 1890. The van der Waals surface area contributed by atoms with E-state index in [0.717, 1.165) is 16.7 Å². The zero-order chi connectivity index (χ0) is 35.2. The van der Waals surface area contributed by atoms with E-state index in [0.29, 0.717) is 53.5 Å². The van der Waals surface area contributed by atoms with Crippen LogP contribution in [0.15, 0.2) is 112 Å². The van der Waals surface area contributed by atoms with E-state index >= 15 is 0 Å². The third kappa shape index (κ3) is 8.91. The normalized spacial score (nSPS) is 16.4. The van der Waals surface area contributed by atoms with E-state index in [9.17, 15) is 4.79 Å². The molecule has 0 aromatic heterocycles. The number of carbonyl (C=O) groups is 1. The number of aliphatic imine (C=N–C) groups is 1. The first kappa shape index (κ1) is 35.7. The number of aliphatic hydroxyl groups is 1. The van der Waals surface area contributed by atoms with E-state index in [4.69, 9.17) is 42.2 Å². The summed E-state index contributed by atoms with van der Waals surface area (Å²) in [4.78, 5) is 25.6. The summed E-state index contributed by atoms with van der Waals surface area (Å²) in [5.41, 5.74) is 27.0. The van der Waals surface area contributed by atoms with Crippen molar-refractivity contribution in [1.82, 2.24) is 10.9 Å². The molecule has 0 fully saturated rings. The molecule has 50 heavy (non-hydrogen) atoms. The average molecular weight is 694 g/mol. The zero-order valence-corrected chi connectivity index (χ0v) is 27.9. The van der Waals surface area contributed by atoms with Crippen LogP contribution in [0.25, 0.3) is 20.9 Å². The minimum absolute atomic E-state index is 0.0252. The van der Waals surface area contributed by atoms with Gasteiger partial charge in [0.25, 0.3) is 5.91 Å². The second-order valence-electron chi connectivity index (χ2n) is 11.5. The Kier molecular flexibility index (Phi) is 12.7. The van der Waals surface area contributed by atoms with Crippen LogP contribution >= 0.6 is 11.6 Å². The lowest BCUT2D eigenvalue weighted by molar-refractivity contribution is -0.130. The monoisotopic (exact) mass is 693 g/mol. The molecule has 0 saturated carbocycles. The first-order chi connectivity index (χ1) is 24.5. The number of azide groups is 2. The number of hydrogen-bond acceptors (Lipinski definition) is 8. The predicted molar refractivity (Wildman–Crippen MR) is 190 cm³/mol. The molecule has 0 spiro atoms. The first-order valence-electron chi connectivity index (χ1n) is 16.0. The lowest BCUT2D eigenvalue weighted by Gasteiger charge is -2.32. The van der Waals surface area contributed by atoms with Crippen LogP contribution < -0.4 is 15.6 Å². The average Bonchev–Trinajstić information content (AvgIpc) is 3.53. The molecule has 0 aliphatic carbocycles. The summed E-state index contributed by atoms with van der Waals surface area (Å²) in [6.45, 7) is 0.922.